The molecule has 0 bridgehead atoms. The zero-order valence-electron chi connectivity index (χ0n) is 17.7. The Morgan fingerprint density at radius 1 is 1.31 bits per heavy atom. The molecule has 156 valence electrons. The van der Waals surface area contributed by atoms with Crippen LogP contribution in [0.3, 0.4) is 0 Å². The lowest BCUT2D eigenvalue weighted by atomic mass is 10.0. The van der Waals surface area contributed by atoms with Crippen molar-refractivity contribution in [1.29, 1.82) is 0 Å². The zero-order chi connectivity index (χ0) is 21.0. The molecule has 0 fully saturated rings. The molecule has 3 rings (SSSR count). The van der Waals surface area contributed by atoms with E-state index in [-0.39, 0.29) is 0 Å². The summed E-state index contributed by atoms with van der Waals surface area (Å²) < 4.78 is 7.09. The molecule has 8 nitrogen and oxygen atoms in total. The number of imidazole rings is 1. The number of anilines is 1. The molecule has 0 saturated carbocycles. The van der Waals surface area contributed by atoms with E-state index in [1.807, 2.05) is 25.2 Å². The van der Waals surface area contributed by atoms with Crippen molar-refractivity contribution in [2.75, 3.05) is 26.0 Å². The molecule has 29 heavy (non-hydrogen) atoms. The number of nitrogens with zero attached hydrogens (tertiary/aromatic N) is 4. The third kappa shape index (κ3) is 4.65. The van der Waals surface area contributed by atoms with E-state index < -0.39 is 5.60 Å². The third-order valence-electron chi connectivity index (χ3n) is 4.71. The first-order chi connectivity index (χ1) is 13.9. The minimum atomic E-state index is -1.15. The van der Waals surface area contributed by atoms with Gasteiger partial charge in [0.15, 0.2) is 5.65 Å². The first-order valence-corrected chi connectivity index (χ1v) is 9.91. The van der Waals surface area contributed by atoms with E-state index in [9.17, 15) is 5.11 Å². The fourth-order valence-corrected chi connectivity index (χ4v) is 3.34. The second-order valence-corrected chi connectivity index (χ2v) is 7.63. The smallest absolute Gasteiger partial charge is 0.157 e. The topological polar surface area (TPSA) is 96.6 Å². The first kappa shape index (κ1) is 21.0. The molecular formula is C21H30N6O2. The van der Waals surface area contributed by atoms with Crippen molar-refractivity contribution in [2.45, 2.75) is 45.3 Å². The van der Waals surface area contributed by atoms with Crippen molar-refractivity contribution in [3.05, 3.63) is 36.2 Å². The Kier molecular flexibility index (Phi) is 6.34. The van der Waals surface area contributed by atoms with Gasteiger partial charge in [-0.2, -0.15) is 5.10 Å². The van der Waals surface area contributed by atoms with E-state index >= 15 is 0 Å². The molecule has 0 radical (unpaired) electrons. The molecule has 3 heterocycles. The van der Waals surface area contributed by atoms with Crippen LogP contribution in [0, 0.1) is 0 Å². The van der Waals surface area contributed by atoms with Crippen LogP contribution in [0.2, 0.25) is 0 Å². The lowest BCUT2D eigenvalue weighted by molar-refractivity contribution is 0.0694. The van der Waals surface area contributed by atoms with Gasteiger partial charge in [0.05, 0.1) is 19.0 Å². The highest BCUT2D eigenvalue weighted by Crippen LogP contribution is 2.30. The number of methoxy groups -OCH3 is 1. The van der Waals surface area contributed by atoms with Crippen molar-refractivity contribution >= 4 is 11.5 Å². The summed E-state index contributed by atoms with van der Waals surface area (Å²) in [5.41, 5.74) is 1.42. The van der Waals surface area contributed by atoms with Gasteiger partial charge in [-0.3, -0.25) is 0 Å². The second kappa shape index (κ2) is 8.75. The van der Waals surface area contributed by atoms with Gasteiger partial charge in [0.2, 0.25) is 0 Å². The molecule has 0 aromatic carbocycles. The Hall–Kier alpha value is -2.71. The summed E-state index contributed by atoms with van der Waals surface area (Å²) >= 11 is 0. The maximum absolute atomic E-state index is 10.5. The summed E-state index contributed by atoms with van der Waals surface area (Å²) in [5, 5.41) is 21.8. The monoisotopic (exact) mass is 398 g/mol. The zero-order valence-corrected chi connectivity index (χ0v) is 17.7. The van der Waals surface area contributed by atoms with Crippen molar-refractivity contribution in [1.82, 2.24) is 24.9 Å². The van der Waals surface area contributed by atoms with Gasteiger partial charge in [-0.15, -0.1) is 0 Å². The number of ether oxygens (including phenoxy) is 1. The van der Waals surface area contributed by atoms with Gasteiger partial charge in [-0.05, 0) is 39.4 Å². The van der Waals surface area contributed by atoms with E-state index in [1.165, 1.54) is 0 Å². The lowest BCUT2D eigenvalue weighted by Crippen LogP contribution is -2.31. The molecule has 3 aromatic heterocycles. The number of likely N-dealkylation sites (N-methyl/N-ethyl adjacent to an activating group) is 1. The molecule has 0 aliphatic carbocycles. The minimum absolute atomic E-state index is 0.305. The van der Waals surface area contributed by atoms with Gasteiger partial charge < -0.3 is 20.5 Å². The lowest BCUT2D eigenvalue weighted by Gasteiger charge is -2.20. The maximum atomic E-state index is 10.5. The standard InChI is InChI=1S/C21H30N6O2/c1-6-8-14(12-22-4)24-18-10-7-9-15(25-18)16-13-23-19-11-17(29-5)20(21(2,3)28)26-27(16)19/h7,9-11,13-14,22,28H,6,8,12H2,1-5H3,(H,24,25)/t14-/m1/s1. The van der Waals surface area contributed by atoms with Gasteiger partial charge in [0.25, 0.3) is 0 Å². The van der Waals surface area contributed by atoms with E-state index in [0.29, 0.717) is 23.1 Å². The van der Waals surface area contributed by atoms with E-state index in [0.717, 1.165) is 36.6 Å². The number of nitrogens with one attached hydrogen (secondary N) is 2. The highest BCUT2D eigenvalue weighted by molar-refractivity contribution is 5.62. The molecule has 3 aromatic rings. The molecule has 0 aliphatic heterocycles. The molecule has 3 N–H and O–H groups in total. The van der Waals surface area contributed by atoms with Crippen LogP contribution in [0.25, 0.3) is 17.0 Å². The van der Waals surface area contributed by atoms with Gasteiger partial charge in [-0.1, -0.05) is 19.4 Å². The van der Waals surface area contributed by atoms with Crippen LogP contribution >= 0.6 is 0 Å². The molecule has 8 heteroatoms. The summed E-state index contributed by atoms with van der Waals surface area (Å²) in [5.74, 6) is 1.31. The predicted molar refractivity (Wildman–Crippen MR) is 114 cm³/mol. The van der Waals surface area contributed by atoms with E-state index in [4.69, 9.17) is 9.72 Å². The third-order valence-corrected chi connectivity index (χ3v) is 4.71. The average Bonchev–Trinajstić information content (AvgIpc) is 3.10. The first-order valence-electron chi connectivity index (χ1n) is 9.91. The number of rotatable bonds is 9. The van der Waals surface area contributed by atoms with Crippen LogP contribution in [0.1, 0.15) is 39.3 Å². The van der Waals surface area contributed by atoms with Crippen molar-refractivity contribution < 1.29 is 9.84 Å². The summed E-state index contributed by atoms with van der Waals surface area (Å²) in [6.07, 6.45) is 3.88. The Bertz CT molecular complexity index is 957. The van der Waals surface area contributed by atoms with Gasteiger partial charge >= 0.3 is 0 Å². The fourth-order valence-electron chi connectivity index (χ4n) is 3.34. The van der Waals surface area contributed by atoms with Crippen LogP contribution in [0.15, 0.2) is 30.5 Å². The predicted octanol–water partition coefficient (Wildman–Crippen LogP) is 2.83. The quantitative estimate of drug-likeness (QED) is 0.510. The Labute approximate surface area is 171 Å². The van der Waals surface area contributed by atoms with Gasteiger partial charge in [0.1, 0.15) is 28.6 Å². The number of aromatic nitrogens is 4. The van der Waals surface area contributed by atoms with E-state index in [1.54, 1.807) is 37.7 Å². The average molecular weight is 399 g/mol. The summed E-state index contributed by atoms with van der Waals surface area (Å²) in [6.45, 7) is 6.40. The molecule has 0 amide bonds. The van der Waals surface area contributed by atoms with Crippen LogP contribution in [-0.2, 0) is 5.60 Å². The van der Waals surface area contributed by atoms with Crippen LogP contribution in [0.4, 0.5) is 5.82 Å². The largest absolute Gasteiger partial charge is 0.495 e. The SMILES string of the molecule is CCC[C@H](CNC)Nc1cccc(-c2cnc3cc(OC)c(C(C)(C)O)nn23)n1. The van der Waals surface area contributed by atoms with Crippen LogP contribution in [-0.4, -0.2) is 51.4 Å². The maximum Gasteiger partial charge on any atom is 0.157 e. The minimum Gasteiger partial charge on any atom is -0.495 e. The van der Waals surface area contributed by atoms with Crippen molar-refractivity contribution in [3.63, 3.8) is 0 Å². The second-order valence-electron chi connectivity index (χ2n) is 7.63. The molecule has 0 aliphatic rings. The highest BCUT2D eigenvalue weighted by atomic mass is 16.5. The van der Waals surface area contributed by atoms with Gasteiger partial charge in [0, 0.05) is 18.7 Å². The van der Waals surface area contributed by atoms with Crippen LogP contribution < -0.4 is 15.4 Å². The van der Waals surface area contributed by atoms with Crippen LogP contribution in [0.5, 0.6) is 5.75 Å². The van der Waals surface area contributed by atoms with Crippen molar-refractivity contribution in [2.24, 2.45) is 0 Å². The molecule has 0 saturated heterocycles. The highest BCUT2D eigenvalue weighted by Gasteiger charge is 2.25. The molecule has 0 spiro atoms. The van der Waals surface area contributed by atoms with Gasteiger partial charge in [-0.25, -0.2) is 14.5 Å². The number of fused-ring (bicyclic) bond motifs is 1. The molecule has 1 atom stereocenters. The normalized spacial score (nSPS) is 12.9. The number of hydrogen-bond acceptors (Lipinski definition) is 7. The number of pyridine rings is 1. The Balaban J connectivity index is 2.00. The Morgan fingerprint density at radius 3 is 2.76 bits per heavy atom. The number of hydrogen-bond donors (Lipinski definition) is 3. The summed E-state index contributed by atoms with van der Waals surface area (Å²) in [6, 6.07) is 7.93. The fraction of sp³-hybridized carbons (Fsp3) is 0.476. The summed E-state index contributed by atoms with van der Waals surface area (Å²) in [7, 11) is 3.51. The molecule has 0 unspecified atom stereocenters. The van der Waals surface area contributed by atoms with Crippen molar-refractivity contribution in [3.8, 4) is 17.1 Å². The summed E-state index contributed by atoms with van der Waals surface area (Å²) in [4.78, 5) is 9.22. The number of aliphatic hydroxyl groups is 1. The van der Waals surface area contributed by atoms with E-state index in [2.05, 4.69) is 27.6 Å². The molecular weight excluding hydrogens is 368 g/mol. The Morgan fingerprint density at radius 2 is 2.10 bits per heavy atom.